The lowest BCUT2D eigenvalue weighted by Crippen LogP contribution is -2.45. The van der Waals surface area contributed by atoms with Crippen LogP contribution in [0.2, 0.25) is 0 Å². The van der Waals surface area contributed by atoms with Gasteiger partial charge in [0.1, 0.15) is 21.9 Å². The molecular weight excluding hydrogens is 356 g/mol. The summed E-state index contributed by atoms with van der Waals surface area (Å²) in [5.41, 5.74) is -1.35. The molecule has 1 aliphatic carbocycles. The summed E-state index contributed by atoms with van der Waals surface area (Å²) in [4.78, 5) is 24.1. The van der Waals surface area contributed by atoms with Crippen molar-refractivity contribution in [3.05, 3.63) is 0 Å². The number of carbonyl (C=O) groups is 2. The molecule has 0 aromatic carbocycles. The molecule has 2 unspecified atom stereocenters. The second-order valence-corrected chi connectivity index (χ2v) is 8.50. The lowest BCUT2D eigenvalue weighted by Gasteiger charge is -2.34. The summed E-state index contributed by atoms with van der Waals surface area (Å²) in [6.45, 7) is 3.80. The number of hydrogen-bond acceptors (Lipinski definition) is 6. The Labute approximate surface area is 139 Å². The molecule has 0 spiro atoms. The molecule has 2 atom stereocenters. The van der Waals surface area contributed by atoms with Crippen molar-refractivity contribution < 1.29 is 29.3 Å². The lowest BCUT2D eigenvalue weighted by molar-refractivity contribution is -0.182. The van der Waals surface area contributed by atoms with Crippen LogP contribution in [0.1, 0.15) is 46.5 Å². The summed E-state index contributed by atoms with van der Waals surface area (Å²) in [5.74, 6) is -1.09. The van der Waals surface area contributed by atoms with Crippen LogP contribution in [0.25, 0.3) is 0 Å². The van der Waals surface area contributed by atoms with Gasteiger partial charge in [0.2, 0.25) is 0 Å². The third kappa shape index (κ3) is 4.93. The molecule has 22 heavy (non-hydrogen) atoms. The second-order valence-electron chi connectivity index (χ2n) is 6.52. The molecule has 0 bridgehead atoms. The molecule has 6 nitrogen and oxygen atoms in total. The van der Waals surface area contributed by atoms with Crippen LogP contribution >= 0.6 is 15.9 Å². The highest BCUT2D eigenvalue weighted by atomic mass is 79.9. The Kier molecular flexibility index (Phi) is 6.83. The second kappa shape index (κ2) is 7.75. The number of rotatable bonds is 6. The SMILES string of the molecule is CC(C)(Br)C(=O)OC1CCCCC1OC(=O)C(C)(CO)CO. The van der Waals surface area contributed by atoms with Gasteiger partial charge in [-0.3, -0.25) is 9.59 Å². The van der Waals surface area contributed by atoms with Crippen LogP contribution in [0.5, 0.6) is 0 Å². The van der Waals surface area contributed by atoms with Crippen molar-refractivity contribution in [2.75, 3.05) is 13.2 Å². The maximum absolute atomic E-state index is 12.1. The van der Waals surface area contributed by atoms with E-state index in [-0.39, 0.29) is 0 Å². The Morgan fingerprint density at radius 3 is 1.77 bits per heavy atom. The van der Waals surface area contributed by atoms with Crippen molar-refractivity contribution in [1.82, 2.24) is 0 Å². The standard InChI is InChI=1S/C15H25BrO6/c1-14(2,16)12(19)21-10-6-4-5-7-11(10)22-13(20)15(3,8-17)9-18/h10-11,17-18H,4-9H2,1-3H3. The van der Waals surface area contributed by atoms with Crippen LogP contribution in [0.4, 0.5) is 0 Å². The third-order valence-electron chi connectivity index (χ3n) is 3.83. The number of aliphatic hydroxyl groups is 2. The Hall–Kier alpha value is -0.660. The van der Waals surface area contributed by atoms with Gasteiger partial charge < -0.3 is 19.7 Å². The number of alkyl halides is 1. The summed E-state index contributed by atoms with van der Waals surface area (Å²) in [6, 6.07) is 0. The average molecular weight is 381 g/mol. The van der Waals surface area contributed by atoms with Gasteiger partial charge in [0.05, 0.1) is 13.2 Å². The van der Waals surface area contributed by atoms with Crippen LogP contribution in [0.15, 0.2) is 0 Å². The first-order chi connectivity index (χ1) is 10.1. The van der Waals surface area contributed by atoms with Gasteiger partial charge in [-0.15, -0.1) is 0 Å². The number of esters is 2. The molecule has 0 saturated heterocycles. The van der Waals surface area contributed by atoms with Gasteiger partial charge in [-0.2, -0.15) is 0 Å². The van der Waals surface area contributed by atoms with Crippen LogP contribution in [0, 0.1) is 5.41 Å². The maximum Gasteiger partial charge on any atom is 0.322 e. The number of ether oxygens (including phenoxy) is 2. The van der Waals surface area contributed by atoms with E-state index < -0.39 is 47.1 Å². The van der Waals surface area contributed by atoms with Crippen molar-refractivity contribution >= 4 is 27.9 Å². The number of halogens is 1. The zero-order valence-electron chi connectivity index (χ0n) is 13.3. The van der Waals surface area contributed by atoms with E-state index in [0.29, 0.717) is 12.8 Å². The van der Waals surface area contributed by atoms with Gasteiger partial charge in [-0.25, -0.2) is 0 Å². The highest BCUT2D eigenvalue weighted by molar-refractivity contribution is 9.10. The molecule has 0 aromatic heterocycles. The smallest absolute Gasteiger partial charge is 0.322 e. The average Bonchev–Trinajstić information content (AvgIpc) is 2.47. The molecule has 128 valence electrons. The first kappa shape index (κ1) is 19.4. The minimum atomic E-state index is -1.35. The highest BCUT2D eigenvalue weighted by Gasteiger charge is 2.40. The molecule has 0 amide bonds. The molecule has 1 fully saturated rings. The van der Waals surface area contributed by atoms with Crippen LogP contribution in [-0.4, -0.2) is 51.9 Å². The summed E-state index contributed by atoms with van der Waals surface area (Å²) < 4.78 is 10.1. The topological polar surface area (TPSA) is 93.1 Å². The van der Waals surface area contributed by atoms with Crippen LogP contribution in [0.3, 0.4) is 0 Å². The molecular formula is C15H25BrO6. The summed E-state index contributed by atoms with van der Waals surface area (Å²) in [5, 5.41) is 18.5. The van der Waals surface area contributed by atoms with Crippen molar-refractivity contribution in [3.8, 4) is 0 Å². The van der Waals surface area contributed by atoms with Gasteiger partial charge in [-0.05, 0) is 46.5 Å². The maximum atomic E-state index is 12.1. The molecule has 1 aliphatic rings. The monoisotopic (exact) mass is 380 g/mol. The Bertz CT molecular complexity index is 399. The summed E-state index contributed by atoms with van der Waals surface area (Å²) in [6.07, 6.45) is 1.95. The first-order valence-electron chi connectivity index (χ1n) is 7.47. The Balaban J connectivity index is 2.74. The van der Waals surface area contributed by atoms with E-state index in [4.69, 9.17) is 9.47 Å². The predicted molar refractivity (Wildman–Crippen MR) is 83.5 cm³/mol. The van der Waals surface area contributed by atoms with Gasteiger partial charge in [0.15, 0.2) is 0 Å². The van der Waals surface area contributed by atoms with Crippen LogP contribution in [-0.2, 0) is 19.1 Å². The molecule has 0 radical (unpaired) electrons. The van der Waals surface area contributed by atoms with Crippen molar-refractivity contribution in [1.29, 1.82) is 0 Å². The van der Waals surface area contributed by atoms with Gasteiger partial charge in [-0.1, -0.05) is 15.9 Å². The normalized spacial score (nSPS) is 23.0. The van der Waals surface area contributed by atoms with E-state index in [9.17, 15) is 19.8 Å². The fourth-order valence-electron chi connectivity index (χ4n) is 2.07. The number of aliphatic hydroxyl groups excluding tert-OH is 2. The first-order valence-corrected chi connectivity index (χ1v) is 8.26. The molecule has 2 N–H and O–H groups in total. The highest BCUT2D eigenvalue weighted by Crippen LogP contribution is 2.29. The third-order valence-corrected chi connectivity index (χ3v) is 4.16. The minimum absolute atomic E-state index is 0.410. The van der Waals surface area contributed by atoms with E-state index in [1.54, 1.807) is 13.8 Å². The molecule has 1 saturated carbocycles. The van der Waals surface area contributed by atoms with E-state index >= 15 is 0 Å². The minimum Gasteiger partial charge on any atom is -0.458 e. The summed E-state index contributed by atoms with van der Waals surface area (Å²) in [7, 11) is 0. The van der Waals surface area contributed by atoms with E-state index in [1.165, 1.54) is 6.92 Å². The predicted octanol–water partition coefficient (Wildman–Crippen LogP) is 1.55. The van der Waals surface area contributed by atoms with Crippen LogP contribution < -0.4 is 0 Å². The van der Waals surface area contributed by atoms with Gasteiger partial charge >= 0.3 is 11.9 Å². The quantitative estimate of drug-likeness (QED) is 0.536. The van der Waals surface area contributed by atoms with E-state index in [2.05, 4.69) is 15.9 Å². The zero-order chi connectivity index (χ0) is 17.0. The Morgan fingerprint density at radius 1 is 1.00 bits per heavy atom. The Morgan fingerprint density at radius 2 is 1.41 bits per heavy atom. The van der Waals surface area contributed by atoms with Gasteiger partial charge in [0, 0.05) is 0 Å². The van der Waals surface area contributed by atoms with Crippen molar-refractivity contribution in [3.63, 3.8) is 0 Å². The molecule has 1 rings (SSSR count). The van der Waals surface area contributed by atoms with E-state index in [0.717, 1.165) is 12.8 Å². The molecule has 0 aliphatic heterocycles. The zero-order valence-corrected chi connectivity index (χ0v) is 14.9. The molecule has 7 heteroatoms. The van der Waals surface area contributed by atoms with Crippen molar-refractivity contribution in [2.24, 2.45) is 5.41 Å². The molecule has 0 heterocycles. The lowest BCUT2D eigenvalue weighted by atomic mass is 9.91. The van der Waals surface area contributed by atoms with E-state index in [1.807, 2.05) is 0 Å². The fraction of sp³-hybridized carbons (Fsp3) is 0.867. The van der Waals surface area contributed by atoms with Gasteiger partial charge in [0.25, 0.3) is 0 Å². The fourth-order valence-corrected chi connectivity index (χ4v) is 2.16. The number of hydrogen-bond donors (Lipinski definition) is 2. The summed E-state index contributed by atoms with van der Waals surface area (Å²) >= 11 is 3.25. The molecule has 0 aromatic rings. The largest absolute Gasteiger partial charge is 0.458 e. The number of carbonyl (C=O) groups excluding carboxylic acids is 2. The van der Waals surface area contributed by atoms with Crippen molar-refractivity contribution in [2.45, 2.75) is 63.0 Å².